The van der Waals surface area contributed by atoms with E-state index in [0.29, 0.717) is 19.0 Å². The molecule has 4 heteroatoms. The summed E-state index contributed by atoms with van der Waals surface area (Å²) in [6.07, 6.45) is 0. The molecule has 0 radical (unpaired) electrons. The van der Waals surface area contributed by atoms with E-state index in [-0.39, 0.29) is 0 Å². The minimum Gasteiger partial charge on any atom is -0.473 e. The van der Waals surface area contributed by atoms with Gasteiger partial charge < -0.3 is 10.5 Å². The molecule has 0 fully saturated rings. The Balaban J connectivity index is 2.17. The van der Waals surface area contributed by atoms with Crippen LogP contribution in [0.15, 0.2) is 34.8 Å². The van der Waals surface area contributed by atoms with Gasteiger partial charge in [0.1, 0.15) is 6.61 Å². The standard InChI is InChI=1S/C15H17BrN2O/c1-10-7-11(2)18-15(14(10)8-17)19-9-12-3-5-13(16)6-4-12/h3-7H,8-9,17H2,1-2H3. The number of hydrogen-bond donors (Lipinski definition) is 1. The first-order valence-electron chi connectivity index (χ1n) is 6.14. The molecule has 0 saturated carbocycles. The van der Waals surface area contributed by atoms with Gasteiger partial charge in [0.05, 0.1) is 0 Å². The summed E-state index contributed by atoms with van der Waals surface area (Å²) in [5.74, 6) is 0.642. The Hall–Kier alpha value is -1.39. The van der Waals surface area contributed by atoms with Gasteiger partial charge >= 0.3 is 0 Å². The summed E-state index contributed by atoms with van der Waals surface area (Å²) >= 11 is 3.41. The van der Waals surface area contributed by atoms with Crippen molar-refractivity contribution < 1.29 is 4.74 Å². The number of halogens is 1. The van der Waals surface area contributed by atoms with E-state index < -0.39 is 0 Å². The van der Waals surface area contributed by atoms with Crippen molar-refractivity contribution in [1.82, 2.24) is 4.98 Å². The average molecular weight is 321 g/mol. The van der Waals surface area contributed by atoms with Crippen LogP contribution in [0.1, 0.15) is 22.4 Å². The monoisotopic (exact) mass is 320 g/mol. The molecule has 1 heterocycles. The second kappa shape index (κ2) is 6.17. The van der Waals surface area contributed by atoms with Gasteiger partial charge in [0.25, 0.3) is 0 Å². The van der Waals surface area contributed by atoms with Crippen LogP contribution in [-0.2, 0) is 13.2 Å². The molecule has 0 atom stereocenters. The highest BCUT2D eigenvalue weighted by molar-refractivity contribution is 9.10. The first-order valence-corrected chi connectivity index (χ1v) is 6.94. The maximum absolute atomic E-state index is 5.81. The fourth-order valence-corrected chi connectivity index (χ4v) is 2.19. The molecular formula is C15H17BrN2O. The lowest BCUT2D eigenvalue weighted by Gasteiger charge is -2.12. The van der Waals surface area contributed by atoms with E-state index in [1.807, 2.05) is 44.2 Å². The van der Waals surface area contributed by atoms with E-state index in [1.54, 1.807) is 0 Å². The van der Waals surface area contributed by atoms with Crippen LogP contribution in [0, 0.1) is 13.8 Å². The molecule has 0 amide bonds. The van der Waals surface area contributed by atoms with E-state index in [0.717, 1.165) is 26.9 Å². The van der Waals surface area contributed by atoms with Gasteiger partial charge in [-0.3, -0.25) is 0 Å². The summed E-state index contributed by atoms with van der Waals surface area (Å²) in [6.45, 7) is 4.92. The molecule has 0 bridgehead atoms. The Labute approximate surface area is 121 Å². The first kappa shape index (κ1) is 14.0. The topological polar surface area (TPSA) is 48.1 Å². The van der Waals surface area contributed by atoms with Crippen LogP contribution in [0.25, 0.3) is 0 Å². The fourth-order valence-electron chi connectivity index (χ4n) is 1.93. The van der Waals surface area contributed by atoms with Crippen molar-refractivity contribution >= 4 is 15.9 Å². The smallest absolute Gasteiger partial charge is 0.218 e. The Morgan fingerprint density at radius 3 is 2.53 bits per heavy atom. The molecular weight excluding hydrogens is 304 g/mol. The summed E-state index contributed by atoms with van der Waals surface area (Å²) in [4.78, 5) is 4.43. The molecule has 0 unspecified atom stereocenters. The van der Waals surface area contributed by atoms with Crippen molar-refractivity contribution in [2.45, 2.75) is 27.0 Å². The van der Waals surface area contributed by atoms with Crippen LogP contribution < -0.4 is 10.5 Å². The van der Waals surface area contributed by atoms with Gasteiger partial charge in [0, 0.05) is 22.3 Å². The van der Waals surface area contributed by atoms with Gasteiger partial charge in [-0.1, -0.05) is 28.1 Å². The Morgan fingerprint density at radius 2 is 1.89 bits per heavy atom. The van der Waals surface area contributed by atoms with Crippen LogP contribution in [-0.4, -0.2) is 4.98 Å². The van der Waals surface area contributed by atoms with Gasteiger partial charge in [0.15, 0.2) is 0 Å². The highest BCUT2D eigenvalue weighted by atomic mass is 79.9. The van der Waals surface area contributed by atoms with Crippen LogP contribution in [0.5, 0.6) is 5.88 Å². The van der Waals surface area contributed by atoms with E-state index in [9.17, 15) is 0 Å². The van der Waals surface area contributed by atoms with E-state index in [1.165, 1.54) is 0 Å². The lowest BCUT2D eigenvalue weighted by molar-refractivity contribution is 0.289. The summed E-state index contributed by atoms with van der Waals surface area (Å²) in [6, 6.07) is 10.1. The first-order chi connectivity index (χ1) is 9.10. The highest BCUT2D eigenvalue weighted by Crippen LogP contribution is 2.21. The number of rotatable bonds is 4. The van der Waals surface area contributed by atoms with Crippen LogP contribution in [0.3, 0.4) is 0 Å². The molecule has 0 aliphatic rings. The van der Waals surface area contributed by atoms with Crippen LogP contribution >= 0.6 is 15.9 Å². The van der Waals surface area contributed by atoms with Gasteiger partial charge in [0.2, 0.25) is 5.88 Å². The molecule has 0 aliphatic heterocycles. The lowest BCUT2D eigenvalue weighted by Crippen LogP contribution is -2.07. The minimum absolute atomic E-state index is 0.439. The quantitative estimate of drug-likeness (QED) is 0.937. The number of hydrogen-bond acceptors (Lipinski definition) is 3. The summed E-state index contributed by atoms with van der Waals surface area (Å²) < 4.78 is 6.87. The zero-order valence-corrected chi connectivity index (χ0v) is 12.7. The molecule has 0 saturated heterocycles. The number of ether oxygens (including phenoxy) is 1. The third-order valence-electron chi connectivity index (χ3n) is 2.93. The molecule has 2 N–H and O–H groups in total. The van der Waals surface area contributed by atoms with Crippen molar-refractivity contribution in [3.8, 4) is 5.88 Å². The third-order valence-corrected chi connectivity index (χ3v) is 3.46. The maximum atomic E-state index is 5.81. The molecule has 2 rings (SSSR count). The number of aromatic nitrogens is 1. The molecule has 19 heavy (non-hydrogen) atoms. The molecule has 1 aromatic heterocycles. The number of nitrogens with zero attached hydrogens (tertiary/aromatic N) is 1. The number of pyridine rings is 1. The normalized spacial score (nSPS) is 10.5. The van der Waals surface area contributed by atoms with Gasteiger partial charge in [-0.05, 0) is 43.2 Å². The molecule has 100 valence electrons. The van der Waals surface area contributed by atoms with E-state index >= 15 is 0 Å². The second-order valence-corrected chi connectivity index (χ2v) is 5.40. The predicted octanol–water partition coefficient (Wildman–Crippen LogP) is 3.50. The highest BCUT2D eigenvalue weighted by Gasteiger charge is 2.09. The van der Waals surface area contributed by atoms with Crippen molar-refractivity contribution in [3.05, 3.63) is 57.2 Å². The molecule has 3 nitrogen and oxygen atoms in total. The number of aryl methyl sites for hydroxylation is 2. The molecule has 0 aliphatic carbocycles. The molecule has 1 aromatic carbocycles. The number of nitrogens with two attached hydrogens (primary N) is 1. The maximum Gasteiger partial charge on any atom is 0.218 e. The van der Waals surface area contributed by atoms with Gasteiger partial charge in [-0.15, -0.1) is 0 Å². The Kier molecular flexibility index (Phi) is 4.56. The van der Waals surface area contributed by atoms with Gasteiger partial charge in [-0.25, -0.2) is 4.98 Å². The zero-order chi connectivity index (χ0) is 13.8. The minimum atomic E-state index is 0.439. The van der Waals surface area contributed by atoms with Crippen molar-refractivity contribution in [2.75, 3.05) is 0 Å². The van der Waals surface area contributed by atoms with Crippen LogP contribution in [0.2, 0.25) is 0 Å². The molecule has 2 aromatic rings. The average Bonchev–Trinajstić information content (AvgIpc) is 2.37. The third kappa shape index (κ3) is 3.55. The van der Waals surface area contributed by atoms with Crippen molar-refractivity contribution in [1.29, 1.82) is 0 Å². The van der Waals surface area contributed by atoms with Crippen molar-refractivity contribution in [2.24, 2.45) is 5.73 Å². The van der Waals surface area contributed by atoms with Crippen molar-refractivity contribution in [3.63, 3.8) is 0 Å². The second-order valence-electron chi connectivity index (χ2n) is 4.48. The number of benzene rings is 1. The SMILES string of the molecule is Cc1cc(C)c(CN)c(OCc2ccc(Br)cc2)n1. The Morgan fingerprint density at radius 1 is 1.21 bits per heavy atom. The summed E-state index contributed by atoms with van der Waals surface area (Å²) in [5, 5.41) is 0. The lowest BCUT2D eigenvalue weighted by atomic mass is 10.1. The van der Waals surface area contributed by atoms with E-state index in [2.05, 4.69) is 20.9 Å². The van der Waals surface area contributed by atoms with Gasteiger partial charge in [-0.2, -0.15) is 0 Å². The predicted molar refractivity (Wildman–Crippen MR) is 80.1 cm³/mol. The van der Waals surface area contributed by atoms with E-state index in [4.69, 9.17) is 10.5 Å². The summed E-state index contributed by atoms with van der Waals surface area (Å²) in [5.41, 5.74) is 9.91. The van der Waals surface area contributed by atoms with Crippen LogP contribution in [0.4, 0.5) is 0 Å². The molecule has 0 spiro atoms. The largest absolute Gasteiger partial charge is 0.473 e. The summed E-state index contributed by atoms with van der Waals surface area (Å²) in [7, 11) is 0. The zero-order valence-electron chi connectivity index (χ0n) is 11.1. The fraction of sp³-hybridized carbons (Fsp3) is 0.267. The Bertz CT molecular complexity index is 567.